The Morgan fingerprint density at radius 3 is 2.40 bits per heavy atom. The molecule has 4 amide bonds. The lowest BCUT2D eigenvalue weighted by Gasteiger charge is -2.36. The maximum atomic E-state index is 13.8. The van der Waals surface area contributed by atoms with Gasteiger partial charge in [0.1, 0.15) is 29.5 Å². The molecular formula is C32H39FN4O6. The van der Waals surface area contributed by atoms with E-state index in [0.29, 0.717) is 43.4 Å². The van der Waals surface area contributed by atoms with Crippen LogP contribution in [0.4, 0.5) is 4.39 Å². The summed E-state index contributed by atoms with van der Waals surface area (Å²) < 4.78 is 18.8. The van der Waals surface area contributed by atoms with Crippen molar-refractivity contribution in [3.8, 4) is 0 Å². The van der Waals surface area contributed by atoms with E-state index in [2.05, 4.69) is 16.0 Å². The SMILES string of the molecule is CC[C@]1(C)NC(=O)[C@H](CCCCOC(=O)c2ccccc2)NC(=O)[C@H]2CCCN2C(=O)[C@H](Cc2ccc(F)cc2)NC1=O. The number of amides is 4. The molecule has 43 heavy (non-hydrogen) atoms. The molecule has 0 spiro atoms. The fraction of sp³-hybridized carbons (Fsp3) is 0.469. The second-order valence-electron chi connectivity index (χ2n) is 11.3. The van der Waals surface area contributed by atoms with E-state index in [1.165, 1.54) is 17.0 Å². The molecule has 0 aromatic heterocycles. The molecule has 2 aliphatic rings. The molecule has 3 N–H and O–H groups in total. The summed E-state index contributed by atoms with van der Waals surface area (Å²) in [5, 5.41) is 8.44. The van der Waals surface area contributed by atoms with Crippen LogP contribution in [-0.2, 0) is 30.3 Å². The largest absolute Gasteiger partial charge is 0.462 e. The average Bonchev–Trinajstić information content (AvgIpc) is 3.50. The van der Waals surface area contributed by atoms with Crippen molar-refractivity contribution >= 4 is 29.6 Å². The molecule has 0 radical (unpaired) electrons. The first-order chi connectivity index (χ1) is 20.6. The van der Waals surface area contributed by atoms with Crippen LogP contribution in [0.2, 0.25) is 0 Å². The molecular weight excluding hydrogens is 555 g/mol. The molecule has 2 saturated heterocycles. The van der Waals surface area contributed by atoms with Crippen LogP contribution in [0.5, 0.6) is 0 Å². The van der Waals surface area contributed by atoms with Crippen molar-refractivity contribution in [1.29, 1.82) is 0 Å². The first-order valence-corrected chi connectivity index (χ1v) is 14.8. The molecule has 0 unspecified atom stereocenters. The van der Waals surface area contributed by atoms with Gasteiger partial charge in [-0.25, -0.2) is 9.18 Å². The zero-order chi connectivity index (χ0) is 31.0. The highest BCUT2D eigenvalue weighted by Gasteiger charge is 2.43. The molecule has 10 nitrogen and oxygen atoms in total. The van der Waals surface area contributed by atoms with E-state index in [9.17, 15) is 28.4 Å². The van der Waals surface area contributed by atoms with Crippen molar-refractivity contribution in [3.63, 3.8) is 0 Å². The maximum absolute atomic E-state index is 13.8. The van der Waals surface area contributed by atoms with E-state index >= 15 is 0 Å². The standard InChI is InChI=1S/C32H39FN4O6/c1-3-32(2)31(42)35-25(20-21-14-16-23(33)17-15-21)29(40)37-18-9-13-26(37)28(39)34-24(27(38)36-32)12-7-8-19-43-30(41)22-10-5-4-6-11-22/h4-6,10-11,14-17,24-26H,3,7-9,12-13,18-20H2,1-2H3,(H,34,39)(H,35,42)(H,36,38)/t24-,25-,26+,32-/m0/s1. The van der Waals surface area contributed by atoms with Gasteiger partial charge in [-0.2, -0.15) is 0 Å². The smallest absolute Gasteiger partial charge is 0.338 e. The van der Waals surface area contributed by atoms with Crippen LogP contribution in [0.3, 0.4) is 0 Å². The van der Waals surface area contributed by atoms with Gasteiger partial charge in [-0.05, 0) is 75.3 Å². The highest BCUT2D eigenvalue weighted by Crippen LogP contribution is 2.22. The van der Waals surface area contributed by atoms with E-state index in [0.717, 1.165) is 0 Å². The number of unbranched alkanes of at least 4 members (excludes halogenated alkanes) is 1. The Morgan fingerprint density at radius 1 is 0.977 bits per heavy atom. The molecule has 2 aliphatic heterocycles. The third-order valence-electron chi connectivity index (χ3n) is 8.17. The number of nitrogens with zero attached hydrogens (tertiary/aromatic N) is 1. The molecule has 11 heteroatoms. The second-order valence-corrected chi connectivity index (χ2v) is 11.3. The Hall–Kier alpha value is -4.28. The Kier molecular flexibility index (Phi) is 10.5. The molecule has 2 aromatic carbocycles. The van der Waals surface area contributed by atoms with Gasteiger partial charge in [-0.3, -0.25) is 19.2 Å². The normalized spacial score (nSPS) is 24.6. The van der Waals surface area contributed by atoms with Crippen LogP contribution < -0.4 is 16.0 Å². The number of nitrogens with one attached hydrogen (secondary N) is 3. The number of carbonyl (C=O) groups excluding carboxylic acids is 5. The summed E-state index contributed by atoms with van der Waals surface area (Å²) in [6.07, 6.45) is 2.51. The zero-order valence-electron chi connectivity index (χ0n) is 24.6. The van der Waals surface area contributed by atoms with Crippen LogP contribution in [0.15, 0.2) is 54.6 Å². The third-order valence-corrected chi connectivity index (χ3v) is 8.17. The minimum atomic E-state index is -1.36. The van der Waals surface area contributed by atoms with E-state index in [1.807, 2.05) is 0 Å². The Labute approximate surface area is 250 Å². The quantitative estimate of drug-likeness (QED) is 0.302. The topological polar surface area (TPSA) is 134 Å². The molecule has 0 bridgehead atoms. The summed E-state index contributed by atoms with van der Waals surface area (Å²) in [5.74, 6) is -2.74. The van der Waals surface area contributed by atoms with Crippen LogP contribution in [0, 0.1) is 5.82 Å². The average molecular weight is 595 g/mol. The summed E-state index contributed by atoms with van der Waals surface area (Å²) in [7, 11) is 0. The number of halogens is 1. The van der Waals surface area contributed by atoms with Gasteiger partial charge < -0.3 is 25.6 Å². The fourth-order valence-corrected chi connectivity index (χ4v) is 5.35. The lowest BCUT2D eigenvalue weighted by molar-refractivity contribution is -0.144. The van der Waals surface area contributed by atoms with Crippen molar-refractivity contribution in [2.75, 3.05) is 13.2 Å². The summed E-state index contributed by atoms with van der Waals surface area (Å²) >= 11 is 0. The van der Waals surface area contributed by atoms with E-state index in [-0.39, 0.29) is 25.9 Å². The van der Waals surface area contributed by atoms with Crippen LogP contribution >= 0.6 is 0 Å². The highest BCUT2D eigenvalue weighted by molar-refractivity contribution is 5.99. The first-order valence-electron chi connectivity index (χ1n) is 14.8. The molecule has 0 saturated carbocycles. The predicted octanol–water partition coefficient (Wildman–Crippen LogP) is 2.65. The number of carbonyl (C=O) groups is 5. The summed E-state index contributed by atoms with van der Waals surface area (Å²) in [6, 6.07) is 11.5. The van der Waals surface area contributed by atoms with Gasteiger partial charge in [0.05, 0.1) is 12.2 Å². The van der Waals surface area contributed by atoms with Gasteiger partial charge >= 0.3 is 5.97 Å². The molecule has 0 aliphatic carbocycles. The lowest BCUT2D eigenvalue weighted by Crippen LogP contribution is -2.65. The van der Waals surface area contributed by atoms with Gasteiger partial charge in [0.15, 0.2) is 0 Å². The number of fused-ring (bicyclic) bond motifs is 1. The number of ether oxygens (including phenoxy) is 1. The minimum absolute atomic E-state index is 0.0981. The van der Waals surface area contributed by atoms with Gasteiger partial charge in [-0.1, -0.05) is 37.3 Å². The van der Waals surface area contributed by atoms with E-state index < -0.39 is 59.1 Å². The number of rotatable bonds is 9. The third kappa shape index (κ3) is 7.97. The van der Waals surface area contributed by atoms with Crippen molar-refractivity contribution in [3.05, 3.63) is 71.5 Å². The van der Waals surface area contributed by atoms with Crippen molar-refractivity contribution in [2.24, 2.45) is 0 Å². The predicted molar refractivity (Wildman–Crippen MR) is 156 cm³/mol. The Morgan fingerprint density at radius 2 is 1.70 bits per heavy atom. The highest BCUT2D eigenvalue weighted by atomic mass is 19.1. The molecule has 2 heterocycles. The van der Waals surface area contributed by atoms with Gasteiger partial charge in [-0.15, -0.1) is 0 Å². The first kappa shape index (κ1) is 31.7. The van der Waals surface area contributed by atoms with Crippen LogP contribution in [0.1, 0.15) is 68.3 Å². The minimum Gasteiger partial charge on any atom is -0.462 e. The van der Waals surface area contributed by atoms with Crippen molar-refractivity contribution in [2.45, 2.75) is 82.5 Å². The molecule has 4 atom stereocenters. The fourth-order valence-electron chi connectivity index (χ4n) is 5.35. The van der Waals surface area contributed by atoms with E-state index in [1.54, 1.807) is 56.3 Å². The van der Waals surface area contributed by atoms with Crippen molar-refractivity contribution in [1.82, 2.24) is 20.9 Å². The monoisotopic (exact) mass is 594 g/mol. The lowest BCUT2D eigenvalue weighted by atomic mass is 9.94. The summed E-state index contributed by atoms with van der Waals surface area (Å²) in [5.41, 5.74) is -0.277. The number of esters is 1. The molecule has 230 valence electrons. The molecule has 4 rings (SSSR count). The molecule has 2 aromatic rings. The Bertz CT molecular complexity index is 1320. The summed E-state index contributed by atoms with van der Waals surface area (Å²) in [4.78, 5) is 68.0. The number of hydrogen-bond donors (Lipinski definition) is 3. The van der Waals surface area contributed by atoms with Gasteiger partial charge in [0.2, 0.25) is 23.6 Å². The zero-order valence-corrected chi connectivity index (χ0v) is 24.6. The number of hydrogen-bond acceptors (Lipinski definition) is 6. The second kappa shape index (κ2) is 14.3. The maximum Gasteiger partial charge on any atom is 0.338 e. The van der Waals surface area contributed by atoms with Crippen LogP contribution in [0.25, 0.3) is 0 Å². The Balaban J connectivity index is 1.48. The number of benzene rings is 2. The van der Waals surface area contributed by atoms with Crippen LogP contribution in [-0.4, -0.2) is 71.3 Å². The van der Waals surface area contributed by atoms with Crippen molar-refractivity contribution < 1.29 is 33.1 Å². The van der Waals surface area contributed by atoms with Gasteiger partial charge in [0, 0.05) is 13.0 Å². The molecule has 2 fully saturated rings. The van der Waals surface area contributed by atoms with Gasteiger partial charge in [0.25, 0.3) is 0 Å². The van der Waals surface area contributed by atoms with E-state index in [4.69, 9.17) is 4.74 Å². The summed E-state index contributed by atoms with van der Waals surface area (Å²) in [6.45, 7) is 3.80.